The largest absolute Gasteiger partial charge is 0.496 e. The summed E-state index contributed by atoms with van der Waals surface area (Å²) >= 11 is 1.61. The average molecular weight is 380 g/mol. The summed E-state index contributed by atoms with van der Waals surface area (Å²) in [7, 11) is 5.72. The number of nitrogens with zero attached hydrogens (tertiary/aromatic N) is 2. The van der Waals surface area contributed by atoms with Crippen LogP contribution >= 0.6 is 11.3 Å². The first kappa shape index (κ1) is 17.9. The molecule has 0 saturated carbocycles. The van der Waals surface area contributed by atoms with Crippen LogP contribution < -0.4 is 4.74 Å². The van der Waals surface area contributed by atoms with E-state index in [4.69, 9.17) is 4.74 Å². The van der Waals surface area contributed by atoms with Crippen LogP contribution in [0.2, 0.25) is 0 Å². The number of rotatable bonds is 5. The highest BCUT2D eigenvalue weighted by Gasteiger charge is 2.18. The second-order valence-corrected chi connectivity index (χ2v) is 7.81. The Kier molecular flexibility index (Phi) is 4.81. The molecule has 0 fully saturated rings. The second-order valence-electron chi connectivity index (χ2n) is 6.87. The number of ether oxygens (including phenoxy) is 1. The number of methoxy groups -OCH3 is 1. The molecule has 0 unspecified atom stereocenters. The van der Waals surface area contributed by atoms with Crippen LogP contribution in [0.25, 0.3) is 32.1 Å². The minimum atomic E-state index is -0.360. The molecule has 0 saturated heterocycles. The molecular weight excluding hydrogens is 359 g/mol. The number of fused-ring (bicyclic) bond motifs is 3. The Morgan fingerprint density at radius 1 is 1.15 bits per heavy atom. The Labute approximate surface area is 162 Å². The van der Waals surface area contributed by atoms with E-state index < -0.39 is 0 Å². The maximum atomic E-state index is 14.7. The van der Waals surface area contributed by atoms with Crippen LogP contribution in [0.1, 0.15) is 5.56 Å². The van der Waals surface area contributed by atoms with Crippen LogP contribution in [-0.4, -0.2) is 37.6 Å². The summed E-state index contributed by atoms with van der Waals surface area (Å²) < 4.78 is 21.3. The fourth-order valence-electron chi connectivity index (χ4n) is 3.39. The first-order valence-corrected chi connectivity index (χ1v) is 9.73. The van der Waals surface area contributed by atoms with Gasteiger partial charge in [-0.25, -0.2) is 4.39 Å². The van der Waals surface area contributed by atoms with E-state index in [9.17, 15) is 4.39 Å². The highest BCUT2D eigenvalue weighted by molar-refractivity contribution is 7.17. The van der Waals surface area contributed by atoms with Crippen molar-refractivity contribution in [3.63, 3.8) is 0 Å². The fraction of sp³-hybridized carbons (Fsp3) is 0.227. The van der Waals surface area contributed by atoms with Gasteiger partial charge in [-0.3, -0.25) is 4.98 Å². The summed E-state index contributed by atoms with van der Waals surface area (Å²) in [6, 6.07) is 11.9. The summed E-state index contributed by atoms with van der Waals surface area (Å²) in [5, 5.41) is 3.83. The third kappa shape index (κ3) is 3.29. The lowest BCUT2D eigenvalue weighted by Crippen LogP contribution is -2.14. The van der Waals surface area contributed by atoms with Crippen LogP contribution in [0, 0.1) is 5.82 Å². The maximum absolute atomic E-state index is 14.7. The monoisotopic (exact) mass is 380 g/mol. The van der Waals surface area contributed by atoms with Crippen LogP contribution in [0.5, 0.6) is 5.75 Å². The molecule has 0 N–H and O–H groups in total. The Balaban J connectivity index is 1.92. The molecule has 2 aromatic heterocycles. The number of halogens is 1. The zero-order valence-electron chi connectivity index (χ0n) is 15.6. The summed E-state index contributed by atoms with van der Waals surface area (Å²) in [6.07, 6.45) is 2.73. The number of aromatic nitrogens is 1. The van der Waals surface area contributed by atoms with Crippen molar-refractivity contribution < 1.29 is 9.13 Å². The first-order valence-electron chi connectivity index (χ1n) is 8.85. The zero-order chi connectivity index (χ0) is 19.0. The van der Waals surface area contributed by atoms with Crippen molar-refractivity contribution in [3.8, 4) is 16.9 Å². The van der Waals surface area contributed by atoms with E-state index in [0.29, 0.717) is 11.3 Å². The molecule has 4 rings (SSSR count). The van der Waals surface area contributed by atoms with E-state index in [2.05, 4.69) is 48.2 Å². The normalized spacial score (nSPS) is 11.6. The molecule has 0 aliphatic carbocycles. The molecule has 2 aromatic carbocycles. The van der Waals surface area contributed by atoms with Gasteiger partial charge >= 0.3 is 0 Å². The SMILES string of the molecule is COc1cc(F)c2ncc3sccc3c2c1-c1ccc(CCN(C)C)cc1. The van der Waals surface area contributed by atoms with Crippen molar-refractivity contribution in [3.05, 3.63) is 59.4 Å². The van der Waals surface area contributed by atoms with Gasteiger partial charge < -0.3 is 9.64 Å². The third-order valence-electron chi connectivity index (χ3n) is 4.80. The van der Waals surface area contributed by atoms with Gasteiger partial charge in [0, 0.05) is 35.1 Å². The Bertz CT molecular complexity index is 1100. The van der Waals surface area contributed by atoms with Crippen molar-refractivity contribution in [2.45, 2.75) is 6.42 Å². The van der Waals surface area contributed by atoms with Gasteiger partial charge in [-0.1, -0.05) is 24.3 Å². The third-order valence-corrected chi connectivity index (χ3v) is 5.65. The Morgan fingerprint density at radius 2 is 1.93 bits per heavy atom. The quantitative estimate of drug-likeness (QED) is 0.465. The molecule has 0 aliphatic rings. The lowest BCUT2D eigenvalue weighted by Gasteiger charge is -2.15. The molecule has 27 heavy (non-hydrogen) atoms. The highest BCUT2D eigenvalue weighted by Crippen LogP contribution is 2.42. The summed E-state index contributed by atoms with van der Waals surface area (Å²) in [5.74, 6) is 0.169. The number of hydrogen-bond acceptors (Lipinski definition) is 4. The molecule has 2 heterocycles. The van der Waals surface area contributed by atoms with Gasteiger partial charge in [-0.15, -0.1) is 11.3 Å². The molecule has 3 nitrogen and oxygen atoms in total. The van der Waals surface area contributed by atoms with Crippen molar-refractivity contribution >= 4 is 32.3 Å². The van der Waals surface area contributed by atoms with E-state index in [1.54, 1.807) is 24.6 Å². The zero-order valence-corrected chi connectivity index (χ0v) is 16.4. The van der Waals surface area contributed by atoms with Crippen molar-refractivity contribution in [2.75, 3.05) is 27.7 Å². The molecule has 0 bridgehead atoms. The van der Waals surface area contributed by atoms with Crippen molar-refractivity contribution in [2.24, 2.45) is 0 Å². The molecule has 4 aromatic rings. The molecule has 138 valence electrons. The van der Waals surface area contributed by atoms with Crippen LogP contribution in [0.3, 0.4) is 0 Å². The molecule has 0 radical (unpaired) electrons. The van der Waals surface area contributed by atoms with Gasteiger partial charge in [0.25, 0.3) is 0 Å². The average Bonchev–Trinajstić information content (AvgIpc) is 3.15. The lowest BCUT2D eigenvalue weighted by atomic mass is 9.96. The fourth-order valence-corrected chi connectivity index (χ4v) is 4.16. The Morgan fingerprint density at radius 3 is 2.63 bits per heavy atom. The summed E-state index contributed by atoms with van der Waals surface area (Å²) in [4.78, 5) is 6.55. The molecular formula is C22H21FN2OS. The van der Waals surface area contributed by atoms with E-state index in [1.807, 2.05) is 11.4 Å². The lowest BCUT2D eigenvalue weighted by molar-refractivity contribution is 0.413. The number of pyridine rings is 1. The van der Waals surface area contributed by atoms with Crippen LogP contribution in [0.4, 0.5) is 4.39 Å². The van der Waals surface area contributed by atoms with E-state index >= 15 is 0 Å². The predicted molar refractivity (Wildman–Crippen MR) is 111 cm³/mol. The minimum absolute atomic E-state index is 0.360. The number of thiophene rings is 1. The molecule has 5 heteroatoms. The predicted octanol–water partition coefficient (Wildman–Crippen LogP) is 5.37. The number of hydrogen-bond donors (Lipinski definition) is 0. The molecule has 0 amide bonds. The van der Waals surface area contributed by atoms with Gasteiger partial charge in [-0.2, -0.15) is 0 Å². The molecule has 0 atom stereocenters. The van der Waals surface area contributed by atoms with Gasteiger partial charge in [-0.05, 0) is 43.1 Å². The number of likely N-dealkylation sites (N-methyl/N-ethyl adjacent to an activating group) is 1. The Hall–Kier alpha value is -2.50. The summed E-state index contributed by atoms with van der Waals surface area (Å²) in [6.45, 7) is 1.00. The van der Waals surface area contributed by atoms with Crippen molar-refractivity contribution in [1.29, 1.82) is 0 Å². The molecule has 0 spiro atoms. The minimum Gasteiger partial charge on any atom is -0.496 e. The van der Waals surface area contributed by atoms with E-state index in [1.165, 1.54) is 11.6 Å². The van der Waals surface area contributed by atoms with Gasteiger partial charge in [0.1, 0.15) is 11.3 Å². The van der Waals surface area contributed by atoms with Gasteiger partial charge in [0.05, 0.1) is 11.8 Å². The first-order chi connectivity index (χ1) is 13.1. The standard InChI is InChI=1S/C22H21FN2OS/c1-25(2)10-8-14-4-6-15(7-5-14)20-18(26-3)12-17(23)22-21(20)16-9-11-27-19(16)13-24-22/h4-7,9,11-13H,8,10H2,1-3H3. The van der Waals surface area contributed by atoms with Crippen LogP contribution in [0.15, 0.2) is 48.0 Å². The second kappa shape index (κ2) is 7.25. The maximum Gasteiger partial charge on any atom is 0.153 e. The van der Waals surface area contributed by atoms with E-state index in [0.717, 1.165) is 39.6 Å². The van der Waals surface area contributed by atoms with Gasteiger partial charge in [0.2, 0.25) is 0 Å². The number of benzene rings is 2. The van der Waals surface area contributed by atoms with Crippen molar-refractivity contribution in [1.82, 2.24) is 9.88 Å². The molecule has 0 aliphatic heterocycles. The van der Waals surface area contributed by atoms with Gasteiger partial charge in [0.15, 0.2) is 5.82 Å². The topological polar surface area (TPSA) is 25.4 Å². The van der Waals surface area contributed by atoms with E-state index in [-0.39, 0.29) is 5.82 Å². The smallest absolute Gasteiger partial charge is 0.153 e. The highest BCUT2D eigenvalue weighted by atomic mass is 32.1. The summed E-state index contributed by atoms with van der Waals surface area (Å²) in [5.41, 5.74) is 3.56. The van der Waals surface area contributed by atoms with Crippen LogP contribution in [-0.2, 0) is 6.42 Å².